The van der Waals surface area contributed by atoms with E-state index in [1.165, 1.54) is 6.07 Å². The Hall–Kier alpha value is -1.64. The summed E-state index contributed by atoms with van der Waals surface area (Å²) in [6.07, 6.45) is 3.24. The Labute approximate surface area is 82.2 Å². The molecular formula is C11H12FNO. The number of nitrogens with two attached hydrogens (primary N) is 1. The lowest BCUT2D eigenvalue weighted by molar-refractivity contribution is -0.117. The fourth-order valence-corrected chi connectivity index (χ4v) is 1.07. The average molecular weight is 193 g/mol. The molecule has 2 nitrogen and oxygen atoms in total. The van der Waals surface area contributed by atoms with Gasteiger partial charge in [-0.2, -0.15) is 0 Å². The zero-order valence-corrected chi connectivity index (χ0v) is 7.96. The molecule has 0 spiro atoms. The van der Waals surface area contributed by atoms with Gasteiger partial charge in [0.1, 0.15) is 5.82 Å². The minimum atomic E-state index is -0.422. The van der Waals surface area contributed by atoms with E-state index in [1.54, 1.807) is 18.2 Å². The third-order valence-electron chi connectivity index (χ3n) is 1.77. The van der Waals surface area contributed by atoms with Crippen LogP contribution < -0.4 is 5.73 Å². The number of carbonyl (C=O) groups excluding carboxylic acids is 1. The van der Waals surface area contributed by atoms with Gasteiger partial charge in [0.2, 0.25) is 5.91 Å². The monoisotopic (exact) mass is 193 g/mol. The standard InChI is InChI=1S/C11H12FNO/c1-8-5-6-9(10(12)7-8)3-2-4-11(13)14/h2-3,5-7H,4H2,1H3,(H2,13,14). The van der Waals surface area contributed by atoms with Crippen molar-refractivity contribution in [2.75, 3.05) is 0 Å². The topological polar surface area (TPSA) is 43.1 Å². The van der Waals surface area contributed by atoms with Gasteiger partial charge >= 0.3 is 0 Å². The fraction of sp³-hybridized carbons (Fsp3) is 0.182. The summed E-state index contributed by atoms with van der Waals surface area (Å²) in [6, 6.07) is 4.93. The highest BCUT2D eigenvalue weighted by Gasteiger charge is 1.97. The summed E-state index contributed by atoms with van der Waals surface area (Å²) in [5, 5.41) is 0. The molecule has 1 rings (SSSR count). The maximum atomic E-state index is 13.2. The van der Waals surface area contributed by atoms with Crippen LogP contribution in [0.15, 0.2) is 24.3 Å². The summed E-state index contributed by atoms with van der Waals surface area (Å²) in [6.45, 7) is 1.82. The molecule has 0 unspecified atom stereocenters. The lowest BCUT2D eigenvalue weighted by atomic mass is 10.1. The number of amides is 1. The first-order valence-electron chi connectivity index (χ1n) is 4.30. The van der Waals surface area contributed by atoms with Crippen LogP contribution >= 0.6 is 0 Å². The molecule has 1 aromatic carbocycles. The molecule has 0 aliphatic carbocycles. The van der Waals surface area contributed by atoms with E-state index < -0.39 is 5.91 Å². The first-order chi connectivity index (χ1) is 6.59. The van der Waals surface area contributed by atoms with E-state index in [0.29, 0.717) is 5.56 Å². The largest absolute Gasteiger partial charge is 0.369 e. The van der Waals surface area contributed by atoms with E-state index in [9.17, 15) is 9.18 Å². The summed E-state index contributed by atoms with van der Waals surface area (Å²) in [5.41, 5.74) is 6.27. The molecule has 0 fully saturated rings. The normalized spacial score (nSPS) is 10.7. The first-order valence-corrected chi connectivity index (χ1v) is 4.30. The molecule has 1 aromatic rings. The molecule has 0 atom stereocenters. The predicted octanol–water partition coefficient (Wildman–Crippen LogP) is 2.02. The number of rotatable bonds is 3. The smallest absolute Gasteiger partial charge is 0.221 e. The van der Waals surface area contributed by atoms with E-state index in [-0.39, 0.29) is 12.2 Å². The molecule has 0 aliphatic heterocycles. The zero-order chi connectivity index (χ0) is 10.6. The van der Waals surface area contributed by atoms with Crippen molar-refractivity contribution in [1.82, 2.24) is 0 Å². The third kappa shape index (κ3) is 3.01. The van der Waals surface area contributed by atoms with Crippen LogP contribution in [0.1, 0.15) is 17.5 Å². The van der Waals surface area contributed by atoms with Gasteiger partial charge in [-0.25, -0.2) is 4.39 Å². The quantitative estimate of drug-likeness (QED) is 0.784. The Balaban J connectivity index is 2.76. The molecule has 1 amide bonds. The van der Waals surface area contributed by atoms with Crippen molar-refractivity contribution in [3.8, 4) is 0 Å². The highest BCUT2D eigenvalue weighted by Crippen LogP contribution is 2.11. The number of benzene rings is 1. The Morgan fingerprint density at radius 2 is 2.29 bits per heavy atom. The van der Waals surface area contributed by atoms with Crippen LogP contribution in [0.4, 0.5) is 4.39 Å². The Morgan fingerprint density at radius 3 is 2.86 bits per heavy atom. The van der Waals surface area contributed by atoms with Crippen molar-refractivity contribution < 1.29 is 9.18 Å². The summed E-state index contributed by atoms with van der Waals surface area (Å²) in [7, 11) is 0. The van der Waals surface area contributed by atoms with Crippen LogP contribution in [0, 0.1) is 12.7 Å². The maximum absolute atomic E-state index is 13.2. The van der Waals surface area contributed by atoms with Gasteiger partial charge in [0.25, 0.3) is 0 Å². The van der Waals surface area contributed by atoms with Crippen LogP contribution in [-0.2, 0) is 4.79 Å². The van der Waals surface area contributed by atoms with Crippen molar-refractivity contribution >= 4 is 12.0 Å². The van der Waals surface area contributed by atoms with Gasteiger partial charge in [0.15, 0.2) is 0 Å². The number of carbonyl (C=O) groups is 1. The van der Waals surface area contributed by atoms with Gasteiger partial charge in [-0.15, -0.1) is 0 Å². The van der Waals surface area contributed by atoms with E-state index in [2.05, 4.69) is 0 Å². The zero-order valence-electron chi connectivity index (χ0n) is 7.96. The predicted molar refractivity (Wildman–Crippen MR) is 54.0 cm³/mol. The summed E-state index contributed by atoms with van der Waals surface area (Å²) in [4.78, 5) is 10.4. The molecular weight excluding hydrogens is 181 g/mol. The van der Waals surface area contributed by atoms with Crippen LogP contribution in [-0.4, -0.2) is 5.91 Å². The number of hydrogen-bond acceptors (Lipinski definition) is 1. The number of primary amides is 1. The molecule has 0 aromatic heterocycles. The second kappa shape index (κ2) is 4.56. The van der Waals surface area contributed by atoms with Crippen molar-refractivity contribution in [3.63, 3.8) is 0 Å². The molecule has 2 N–H and O–H groups in total. The van der Waals surface area contributed by atoms with Crippen LogP contribution in [0.2, 0.25) is 0 Å². The molecule has 0 aliphatic rings. The van der Waals surface area contributed by atoms with Crippen LogP contribution in [0.5, 0.6) is 0 Å². The maximum Gasteiger partial charge on any atom is 0.221 e. The Bertz CT molecular complexity index is 372. The molecule has 14 heavy (non-hydrogen) atoms. The van der Waals surface area contributed by atoms with Crippen molar-refractivity contribution in [2.24, 2.45) is 5.73 Å². The van der Waals surface area contributed by atoms with Gasteiger partial charge in [0.05, 0.1) is 0 Å². The summed E-state index contributed by atoms with van der Waals surface area (Å²) < 4.78 is 13.2. The molecule has 3 heteroatoms. The van der Waals surface area contributed by atoms with Crippen molar-refractivity contribution in [1.29, 1.82) is 0 Å². The van der Waals surface area contributed by atoms with Gasteiger partial charge in [-0.05, 0) is 18.6 Å². The van der Waals surface area contributed by atoms with Crippen LogP contribution in [0.25, 0.3) is 6.08 Å². The minimum Gasteiger partial charge on any atom is -0.369 e. The summed E-state index contributed by atoms with van der Waals surface area (Å²) in [5.74, 6) is -0.709. The molecule has 74 valence electrons. The molecule has 0 bridgehead atoms. The minimum absolute atomic E-state index is 0.132. The number of aryl methyl sites for hydroxylation is 1. The first kappa shape index (κ1) is 10.4. The fourth-order valence-electron chi connectivity index (χ4n) is 1.07. The second-order valence-corrected chi connectivity index (χ2v) is 3.10. The van der Waals surface area contributed by atoms with Gasteiger partial charge in [-0.1, -0.05) is 24.3 Å². The van der Waals surface area contributed by atoms with Gasteiger partial charge in [0, 0.05) is 12.0 Å². The van der Waals surface area contributed by atoms with Gasteiger partial charge in [-0.3, -0.25) is 4.79 Å². The van der Waals surface area contributed by atoms with E-state index in [1.807, 2.05) is 13.0 Å². The second-order valence-electron chi connectivity index (χ2n) is 3.10. The Morgan fingerprint density at radius 1 is 1.57 bits per heavy atom. The van der Waals surface area contributed by atoms with Crippen LogP contribution in [0.3, 0.4) is 0 Å². The van der Waals surface area contributed by atoms with E-state index in [0.717, 1.165) is 5.56 Å². The number of halogens is 1. The SMILES string of the molecule is Cc1ccc(C=CCC(N)=O)c(F)c1. The molecule has 0 saturated carbocycles. The van der Waals surface area contributed by atoms with Gasteiger partial charge < -0.3 is 5.73 Å². The van der Waals surface area contributed by atoms with Crippen molar-refractivity contribution in [2.45, 2.75) is 13.3 Å². The molecule has 0 radical (unpaired) electrons. The lowest BCUT2D eigenvalue weighted by Gasteiger charge is -1.97. The average Bonchev–Trinajstić information content (AvgIpc) is 2.08. The summed E-state index contributed by atoms with van der Waals surface area (Å²) >= 11 is 0. The highest BCUT2D eigenvalue weighted by atomic mass is 19.1. The highest BCUT2D eigenvalue weighted by molar-refractivity contribution is 5.76. The van der Waals surface area contributed by atoms with E-state index >= 15 is 0 Å². The number of hydrogen-bond donors (Lipinski definition) is 1. The third-order valence-corrected chi connectivity index (χ3v) is 1.77. The Kier molecular flexibility index (Phi) is 3.40. The van der Waals surface area contributed by atoms with Crippen molar-refractivity contribution in [3.05, 3.63) is 41.2 Å². The lowest BCUT2D eigenvalue weighted by Crippen LogP contribution is -2.07. The molecule has 0 heterocycles. The van der Waals surface area contributed by atoms with E-state index in [4.69, 9.17) is 5.73 Å². The molecule has 0 saturated heterocycles.